The maximum Gasteiger partial charge on any atom is 0.203 e. The zero-order valence-electron chi connectivity index (χ0n) is 10.5. The van der Waals surface area contributed by atoms with E-state index in [2.05, 4.69) is 0 Å². The molecule has 0 spiro atoms. The van der Waals surface area contributed by atoms with Gasteiger partial charge in [0.25, 0.3) is 0 Å². The van der Waals surface area contributed by atoms with Crippen molar-refractivity contribution in [1.82, 2.24) is 0 Å². The van der Waals surface area contributed by atoms with Crippen LogP contribution in [0.15, 0.2) is 12.1 Å². The van der Waals surface area contributed by atoms with Gasteiger partial charge in [-0.25, -0.2) is 0 Å². The van der Waals surface area contributed by atoms with E-state index in [-0.39, 0.29) is 6.04 Å². The summed E-state index contributed by atoms with van der Waals surface area (Å²) in [6, 6.07) is 3.93. The minimum atomic E-state index is 0.0590. The van der Waals surface area contributed by atoms with Gasteiger partial charge in [-0.15, -0.1) is 0 Å². The number of rotatable bonds is 5. The highest BCUT2D eigenvalue weighted by Gasteiger charge is 2.30. The van der Waals surface area contributed by atoms with Crippen LogP contribution in [0.25, 0.3) is 0 Å². The second-order valence-corrected chi connectivity index (χ2v) is 4.32. The Morgan fingerprint density at radius 3 is 1.94 bits per heavy atom. The summed E-state index contributed by atoms with van der Waals surface area (Å²) in [6.45, 7) is 0. The van der Waals surface area contributed by atoms with Crippen molar-refractivity contribution in [1.29, 1.82) is 0 Å². The van der Waals surface area contributed by atoms with Gasteiger partial charge in [0.15, 0.2) is 11.5 Å². The van der Waals surface area contributed by atoms with Gasteiger partial charge in [0.2, 0.25) is 5.75 Å². The van der Waals surface area contributed by atoms with Gasteiger partial charge in [0.05, 0.1) is 21.3 Å². The highest BCUT2D eigenvalue weighted by atomic mass is 16.5. The van der Waals surface area contributed by atoms with Gasteiger partial charge < -0.3 is 19.9 Å². The molecule has 1 aliphatic carbocycles. The SMILES string of the molecule is COc1cc(C(N)C2CC2)cc(OC)c1OC. The second kappa shape index (κ2) is 4.84. The quantitative estimate of drug-likeness (QED) is 0.852. The summed E-state index contributed by atoms with van der Waals surface area (Å²) in [4.78, 5) is 0. The van der Waals surface area contributed by atoms with E-state index in [1.54, 1.807) is 21.3 Å². The molecule has 94 valence electrons. The number of benzene rings is 1. The molecule has 0 bridgehead atoms. The molecule has 0 heterocycles. The minimum absolute atomic E-state index is 0.0590. The fraction of sp³-hybridized carbons (Fsp3) is 0.538. The largest absolute Gasteiger partial charge is 0.493 e. The summed E-state index contributed by atoms with van der Waals surface area (Å²) in [7, 11) is 4.83. The predicted molar refractivity (Wildman–Crippen MR) is 65.8 cm³/mol. The van der Waals surface area contributed by atoms with Crippen molar-refractivity contribution >= 4 is 0 Å². The van der Waals surface area contributed by atoms with Crippen LogP contribution in [0.1, 0.15) is 24.4 Å². The lowest BCUT2D eigenvalue weighted by atomic mass is 10.0. The third-order valence-electron chi connectivity index (χ3n) is 3.20. The Bertz CT molecular complexity index is 377. The summed E-state index contributed by atoms with van der Waals surface area (Å²) in [6.07, 6.45) is 2.41. The van der Waals surface area contributed by atoms with Crippen LogP contribution in [-0.2, 0) is 0 Å². The molecule has 1 atom stereocenters. The van der Waals surface area contributed by atoms with Crippen LogP contribution in [-0.4, -0.2) is 21.3 Å². The Labute approximate surface area is 102 Å². The van der Waals surface area contributed by atoms with E-state index in [0.29, 0.717) is 23.2 Å². The highest BCUT2D eigenvalue weighted by molar-refractivity contribution is 5.54. The number of methoxy groups -OCH3 is 3. The van der Waals surface area contributed by atoms with E-state index in [0.717, 1.165) is 5.56 Å². The molecule has 17 heavy (non-hydrogen) atoms. The van der Waals surface area contributed by atoms with Gasteiger partial charge in [-0.1, -0.05) is 0 Å². The molecule has 2 rings (SSSR count). The molecule has 0 radical (unpaired) electrons. The first-order valence-corrected chi connectivity index (χ1v) is 5.76. The lowest BCUT2D eigenvalue weighted by Gasteiger charge is -2.17. The van der Waals surface area contributed by atoms with Crippen LogP contribution in [0.4, 0.5) is 0 Å². The van der Waals surface area contributed by atoms with Gasteiger partial charge in [-0.2, -0.15) is 0 Å². The molecule has 1 aromatic rings. The second-order valence-electron chi connectivity index (χ2n) is 4.32. The van der Waals surface area contributed by atoms with Gasteiger partial charge >= 0.3 is 0 Å². The van der Waals surface area contributed by atoms with Crippen molar-refractivity contribution in [3.63, 3.8) is 0 Å². The van der Waals surface area contributed by atoms with E-state index in [1.807, 2.05) is 12.1 Å². The van der Waals surface area contributed by atoms with E-state index < -0.39 is 0 Å². The monoisotopic (exact) mass is 237 g/mol. The van der Waals surface area contributed by atoms with Crippen LogP contribution in [0, 0.1) is 5.92 Å². The van der Waals surface area contributed by atoms with Gasteiger partial charge in [-0.3, -0.25) is 0 Å². The van der Waals surface area contributed by atoms with Crippen molar-refractivity contribution in [2.45, 2.75) is 18.9 Å². The maximum absolute atomic E-state index is 6.19. The molecule has 1 aliphatic rings. The third kappa shape index (κ3) is 2.31. The van der Waals surface area contributed by atoms with Crippen LogP contribution in [0.3, 0.4) is 0 Å². The summed E-state index contributed by atoms with van der Waals surface area (Å²) < 4.78 is 15.9. The minimum Gasteiger partial charge on any atom is -0.493 e. The smallest absolute Gasteiger partial charge is 0.203 e. The van der Waals surface area contributed by atoms with E-state index in [9.17, 15) is 0 Å². The van der Waals surface area contributed by atoms with Gasteiger partial charge in [0.1, 0.15) is 0 Å². The number of hydrogen-bond acceptors (Lipinski definition) is 4. The molecule has 2 N–H and O–H groups in total. The van der Waals surface area contributed by atoms with Crippen molar-refractivity contribution in [2.24, 2.45) is 11.7 Å². The Balaban J connectivity index is 2.40. The van der Waals surface area contributed by atoms with Crippen LogP contribution < -0.4 is 19.9 Å². The lowest BCUT2D eigenvalue weighted by molar-refractivity contribution is 0.323. The maximum atomic E-state index is 6.19. The number of nitrogens with two attached hydrogens (primary N) is 1. The molecular weight excluding hydrogens is 218 g/mol. The van der Waals surface area contributed by atoms with E-state index >= 15 is 0 Å². The summed E-state index contributed by atoms with van der Waals surface area (Å²) in [5.74, 6) is 2.54. The standard InChI is InChI=1S/C13H19NO3/c1-15-10-6-9(12(14)8-4-5-8)7-11(16-2)13(10)17-3/h6-8,12H,4-5,14H2,1-3H3. The van der Waals surface area contributed by atoms with Gasteiger partial charge in [-0.05, 0) is 36.5 Å². The van der Waals surface area contributed by atoms with Crippen molar-refractivity contribution in [3.05, 3.63) is 17.7 Å². The molecule has 0 amide bonds. The molecule has 1 saturated carbocycles. The number of hydrogen-bond donors (Lipinski definition) is 1. The molecule has 0 aromatic heterocycles. The molecule has 1 fully saturated rings. The van der Waals surface area contributed by atoms with Gasteiger partial charge in [0, 0.05) is 6.04 Å². The lowest BCUT2D eigenvalue weighted by Crippen LogP contribution is -2.12. The first kappa shape index (κ1) is 12.0. The fourth-order valence-corrected chi connectivity index (χ4v) is 2.02. The summed E-state index contributed by atoms with van der Waals surface area (Å²) in [5, 5.41) is 0. The van der Waals surface area contributed by atoms with Crippen molar-refractivity contribution in [3.8, 4) is 17.2 Å². The average Bonchev–Trinajstić information content (AvgIpc) is 3.20. The van der Waals surface area contributed by atoms with Crippen LogP contribution in [0.5, 0.6) is 17.2 Å². The fourth-order valence-electron chi connectivity index (χ4n) is 2.02. The van der Waals surface area contributed by atoms with Crippen LogP contribution >= 0.6 is 0 Å². The third-order valence-corrected chi connectivity index (χ3v) is 3.20. The van der Waals surface area contributed by atoms with Crippen molar-refractivity contribution < 1.29 is 14.2 Å². The predicted octanol–water partition coefficient (Wildman–Crippen LogP) is 2.12. The summed E-state index contributed by atoms with van der Waals surface area (Å²) >= 11 is 0. The van der Waals surface area contributed by atoms with E-state index in [1.165, 1.54) is 12.8 Å². The first-order chi connectivity index (χ1) is 8.21. The molecule has 4 heteroatoms. The molecular formula is C13H19NO3. The van der Waals surface area contributed by atoms with Crippen LogP contribution in [0.2, 0.25) is 0 Å². The Morgan fingerprint density at radius 2 is 1.59 bits per heavy atom. The molecule has 0 aliphatic heterocycles. The topological polar surface area (TPSA) is 53.7 Å². The summed E-state index contributed by atoms with van der Waals surface area (Å²) in [5.41, 5.74) is 7.23. The first-order valence-electron chi connectivity index (χ1n) is 5.76. The molecule has 4 nitrogen and oxygen atoms in total. The zero-order valence-corrected chi connectivity index (χ0v) is 10.5. The normalized spacial score (nSPS) is 16.5. The Morgan fingerprint density at radius 1 is 1.06 bits per heavy atom. The molecule has 0 saturated heterocycles. The Kier molecular flexibility index (Phi) is 3.43. The highest BCUT2D eigenvalue weighted by Crippen LogP contribution is 2.44. The Hall–Kier alpha value is -1.42. The van der Waals surface area contributed by atoms with E-state index in [4.69, 9.17) is 19.9 Å². The molecule has 1 unspecified atom stereocenters. The molecule has 1 aromatic carbocycles. The van der Waals surface area contributed by atoms with Crippen molar-refractivity contribution in [2.75, 3.05) is 21.3 Å². The number of ether oxygens (including phenoxy) is 3. The average molecular weight is 237 g/mol. The zero-order chi connectivity index (χ0) is 12.4.